The number of anilines is 1. The van der Waals surface area contributed by atoms with E-state index in [4.69, 9.17) is 4.98 Å². The van der Waals surface area contributed by atoms with Crippen molar-refractivity contribution >= 4 is 34.1 Å². The normalized spacial score (nSPS) is 18.6. The summed E-state index contributed by atoms with van der Waals surface area (Å²) in [5, 5.41) is 21.4. The third-order valence-electron chi connectivity index (χ3n) is 6.69. The van der Waals surface area contributed by atoms with Crippen LogP contribution in [0.4, 0.5) is 11.6 Å². The number of aromatic nitrogens is 4. The molecule has 2 aromatic carbocycles. The zero-order chi connectivity index (χ0) is 23.4. The lowest BCUT2D eigenvalue weighted by Crippen LogP contribution is -2.55. The van der Waals surface area contributed by atoms with Crippen LogP contribution in [0.2, 0.25) is 0 Å². The predicted octanol–water partition coefficient (Wildman–Crippen LogP) is 3.30. The van der Waals surface area contributed by atoms with Gasteiger partial charge in [0.15, 0.2) is 11.5 Å². The minimum atomic E-state index is -0.408. The third-order valence-corrected chi connectivity index (χ3v) is 6.69. The Balaban J connectivity index is 1.50. The molecule has 0 bridgehead atoms. The van der Waals surface area contributed by atoms with Crippen molar-refractivity contribution in [1.29, 1.82) is 0 Å². The zero-order valence-corrected chi connectivity index (χ0v) is 18.7. The quantitative estimate of drug-likeness (QED) is 0.342. The summed E-state index contributed by atoms with van der Waals surface area (Å²) in [5.41, 5.74) is 1.71. The maximum absolute atomic E-state index is 12.7. The van der Waals surface area contributed by atoms with Crippen LogP contribution < -0.4 is 4.90 Å². The molecule has 1 saturated heterocycles. The number of nitro groups is 1. The molecular weight excluding hydrogens is 434 g/mol. The number of nitro benzene ring substituents is 1. The van der Waals surface area contributed by atoms with E-state index < -0.39 is 4.92 Å². The number of carbonyl (C=O) groups excluding carboxylic acids is 1. The van der Waals surface area contributed by atoms with Crippen molar-refractivity contribution in [2.75, 3.05) is 24.5 Å². The zero-order valence-electron chi connectivity index (χ0n) is 18.7. The van der Waals surface area contributed by atoms with Crippen LogP contribution in [0, 0.1) is 16.0 Å². The minimum absolute atomic E-state index is 0.0242. The summed E-state index contributed by atoms with van der Waals surface area (Å²) in [7, 11) is 0. The lowest BCUT2D eigenvalue weighted by Gasteiger charge is -2.40. The first kappa shape index (κ1) is 20.5. The second-order valence-corrected chi connectivity index (χ2v) is 8.99. The van der Waals surface area contributed by atoms with E-state index in [0.29, 0.717) is 42.6 Å². The summed E-state index contributed by atoms with van der Waals surface area (Å²) < 4.78 is 1.82. The van der Waals surface area contributed by atoms with E-state index in [2.05, 4.69) is 22.0 Å². The molecule has 0 N–H and O–H groups in total. The average Bonchev–Trinajstić information content (AvgIpc) is 3.61. The molecule has 34 heavy (non-hydrogen) atoms. The van der Waals surface area contributed by atoms with Gasteiger partial charge in [0.25, 0.3) is 5.69 Å². The summed E-state index contributed by atoms with van der Waals surface area (Å²) in [6.45, 7) is 3.88. The fourth-order valence-corrected chi connectivity index (χ4v) is 4.81. The molecule has 1 aliphatic heterocycles. The van der Waals surface area contributed by atoms with E-state index in [9.17, 15) is 14.9 Å². The van der Waals surface area contributed by atoms with Gasteiger partial charge < -0.3 is 9.80 Å². The highest BCUT2D eigenvalue weighted by Gasteiger charge is 2.38. The summed E-state index contributed by atoms with van der Waals surface area (Å²) in [6.07, 6.45) is 1.97. The van der Waals surface area contributed by atoms with Crippen LogP contribution >= 0.6 is 0 Å². The number of carbonyl (C=O) groups is 1. The Labute approximate surface area is 195 Å². The van der Waals surface area contributed by atoms with E-state index in [1.807, 2.05) is 33.6 Å². The summed E-state index contributed by atoms with van der Waals surface area (Å²) in [4.78, 5) is 33.1. The number of hydrogen-bond donors (Lipinski definition) is 0. The topological polar surface area (TPSA) is 110 Å². The van der Waals surface area contributed by atoms with Crippen molar-refractivity contribution in [2.24, 2.45) is 5.92 Å². The molecule has 2 fully saturated rings. The van der Waals surface area contributed by atoms with Crippen LogP contribution in [0.25, 0.3) is 27.9 Å². The number of fused-ring (bicyclic) bond motifs is 3. The molecule has 0 spiro atoms. The van der Waals surface area contributed by atoms with Crippen LogP contribution in [0.5, 0.6) is 0 Å². The number of benzene rings is 2. The monoisotopic (exact) mass is 457 g/mol. The Morgan fingerprint density at radius 3 is 2.59 bits per heavy atom. The predicted molar refractivity (Wildman–Crippen MR) is 126 cm³/mol. The number of piperazine rings is 1. The van der Waals surface area contributed by atoms with Gasteiger partial charge in [-0.25, -0.2) is 9.38 Å². The molecule has 1 saturated carbocycles. The number of amides is 1. The van der Waals surface area contributed by atoms with Gasteiger partial charge in [0, 0.05) is 43.0 Å². The highest BCUT2D eigenvalue weighted by atomic mass is 16.6. The van der Waals surface area contributed by atoms with Gasteiger partial charge in [-0.15, -0.1) is 10.2 Å². The first-order valence-corrected chi connectivity index (χ1v) is 11.5. The van der Waals surface area contributed by atoms with Gasteiger partial charge in [0.05, 0.1) is 16.0 Å². The molecule has 1 aliphatic carbocycles. The van der Waals surface area contributed by atoms with Crippen LogP contribution in [0.1, 0.15) is 19.8 Å². The Morgan fingerprint density at radius 1 is 1.06 bits per heavy atom. The second-order valence-electron chi connectivity index (χ2n) is 8.99. The molecule has 10 heteroatoms. The van der Waals surface area contributed by atoms with E-state index in [1.165, 1.54) is 6.07 Å². The fourth-order valence-electron chi connectivity index (χ4n) is 4.81. The first-order chi connectivity index (χ1) is 16.5. The van der Waals surface area contributed by atoms with Crippen LogP contribution in [-0.4, -0.2) is 61.0 Å². The van der Waals surface area contributed by atoms with Gasteiger partial charge in [-0.1, -0.05) is 24.3 Å². The van der Waals surface area contributed by atoms with E-state index in [0.717, 1.165) is 23.7 Å². The third kappa shape index (κ3) is 3.25. The molecule has 172 valence electrons. The maximum Gasteiger partial charge on any atom is 0.280 e. The Kier molecular flexibility index (Phi) is 4.68. The lowest BCUT2D eigenvalue weighted by atomic mass is 10.1. The van der Waals surface area contributed by atoms with E-state index >= 15 is 0 Å². The van der Waals surface area contributed by atoms with Gasteiger partial charge in [0.1, 0.15) is 0 Å². The summed E-state index contributed by atoms with van der Waals surface area (Å²) in [5.74, 6) is 1.42. The largest absolute Gasteiger partial charge is 0.338 e. The Hall–Kier alpha value is -4.08. The SMILES string of the molecule is C[C@H]1CN(c2nc3ccccc3c3nnc(-c4ccccc4[N+](=O)[O-])n23)CCN1C(=O)C1CC1. The molecule has 1 amide bonds. The van der Waals surface area contributed by atoms with E-state index in [1.54, 1.807) is 18.2 Å². The van der Waals surface area contributed by atoms with Gasteiger partial charge >= 0.3 is 0 Å². The fraction of sp³-hybridized carbons (Fsp3) is 0.333. The van der Waals surface area contributed by atoms with Crippen molar-refractivity contribution < 1.29 is 9.72 Å². The molecule has 3 heterocycles. The smallest absolute Gasteiger partial charge is 0.280 e. The molecule has 10 nitrogen and oxygen atoms in total. The second kappa shape index (κ2) is 7.75. The van der Waals surface area contributed by atoms with Gasteiger partial charge in [0.2, 0.25) is 11.9 Å². The van der Waals surface area contributed by atoms with Crippen molar-refractivity contribution in [1.82, 2.24) is 24.5 Å². The summed E-state index contributed by atoms with van der Waals surface area (Å²) in [6, 6.07) is 14.2. The molecule has 0 unspecified atom stereocenters. The van der Waals surface area contributed by atoms with Gasteiger partial charge in [-0.2, -0.15) is 0 Å². The van der Waals surface area contributed by atoms with Crippen LogP contribution in [0.15, 0.2) is 48.5 Å². The number of para-hydroxylation sites is 2. The number of nitrogens with zero attached hydrogens (tertiary/aromatic N) is 7. The first-order valence-electron chi connectivity index (χ1n) is 11.5. The van der Waals surface area contributed by atoms with E-state index in [-0.39, 0.29) is 23.6 Å². The molecule has 2 aliphatic rings. The van der Waals surface area contributed by atoms with Crippen LogP contribution in [-0.2, 0) is 4.79 Å². The van der Waals surface area contributed by atoms with Crippen LogP contribution in [0.3, 0.4) is 0 Å². The maximum atomic E-state index is 12.7. The van der Waals surface area contributed by atoms with Crippen molar-refractivity contribution in [3.8, 4) is 11.4 Å². The summed E-state index contributed by atoms with van der Waals surface area (Å²) >= 11 is 0. The minimum Gasteiger partial charge on any atom is -0.338 e. The molecular formula is C24H23N7O3. The highest BCUT2D eigenvalue weighted by molar-refractivity contribution is 5.93. The van der Waals surface area contributed by atoms with Crippen molar-refractivity contribution in [3.63, 3.8) is 0 Å². The molecule has 4 aromatic rings. The van der Waals surface area contributed by atoms with Crippen molar-refractivity contribution in [3.05, 3.63) is 58.6 Å². The van der Waals surface area contributed by atoms with Gasteiger partial charge in [-0.3, -0.25) is 14.9 Å². The standard InChI is InChI=1S/C24H23N7O3/c1-15-14-28(12-13-29(15)23(32)16-10-11-16)24-25-19-8-4-2-6-17(19)21-26-27-22(30(21)24)18-7-3-5-9-20(18)31(33)34/h2-9,15-16H,10-14H2,1H3/t15-/m0/s1. The Bertz CT molecular complexity index is 1450. The molecule has 6 rings (SSSR count). The number of rotatable bonds is 4. The average molecular weight is 457 g/mol. The number of hydrogen-bond acceptors (Lipinski definition) is 7. The molecule has 0 radical (unpaired) electrons. The highest BCUT2D eigenvalue weighted by Crippen LogP contribution is 2.35. The molecule has 2 aromatic heterocycles. The van der Waals surface area contributed by atoms with Gasteiger partial charge in [-0.05, 0) is 38.0 Å². The Morgan fingerprint density at radius 2 is 1.82 bits per heavy atom. The lowest BCUT2D eigenvalue weighted by molar-refractivity contribution is -0.384. The van der Waals surface area contributed by atoms with Crippen molar-refractivity contribution in [2.45, 2.75) is 25.8 Å². The molecule has 1 atom stereocenters.